The molecule has 1 aliphatic rings. The molecule has 0 amide bonds. The summed E-state index contributed by atoms with van der Waals surface area (Å²) >= 11 is 24.1. The summed E-state index contributed by atoms with van der Waals surface area (Å²) in [5, 5.41) is 2.90. The van der Waals surface area contributed by atoms with E-state index in [0.717, 1.165) is 5.56 Å². The van der Waals surface area contributed by atoms with Gasteiger partial charge in [-0.15, -0.1) is 0 Å². The Morgan fingerprint density at radius 3 is 2.19 bits per heavy atom. The Kier molecular flexibility index (Phi) is 3.88. The molecule has 1 aliphatic heterocycles. The van der Waals surface area contributed by atoms with Gasteiger partial charge in [-0.05, 0) is 4.76 Å². The van der Waals surface area contributed by atoms with Crippen LogP contribution in [0.2, 0.25) is 0 Å². The molecule has 2 rings (SSSR count). The summed E-state index contributed by atoms with van der Waals surface area (Å²) in [4.78, 5) is 2.72. The zero-order chi connectivity index (χ0) is 11.8. The first kappa shape index (κ1) is 13.1. The number of nitrogens with zero attached hydrogens (tertiary/aromatic N) is 1. The van der Waals surface area contributed by atoms with Gasteiger partial charge in [-0.25, -0.2) is 0 Å². The molecular weight excluding hydrogens is 330 g/mol. The van der Waals surface area contributed by atoms with Gasteiger partial charge >= 0.3 is 12.5 Å². The number of rotatable bonds is 1. The Bertz CT molecular complexity index is 423. The van der Waals surface area contributed by atoms with Gasteiger partial charge < -0.3 is 0 Å². The molecule has 0 aromatic heterocycles. The van der Waals surface area contributed by atoms with Crippen molar-refractivity contribution >= 4 is 63.3 Å². The van der Waals surface area contributed by atoms with Crippen molar-refractivity contribution in [1.29, 1.82) is 0 Å². The van der Waals surface area contributed by atoms with Gasteiger partial charge in [-0.1, -0.05) is 30.3 Å². The van der Waals surface area contributed by atoms with Gasteiger partial charge in [0.15, 0.2) is 45.0 Å². The van der Waals surface area contributed by atoms with Crippen molar-refractivity contribution in [1.82, 2.24) is 9.95 Å². The van der Waals surface area contributed by atoms with Gasteiger partial charge in [-0.3, -0.25) is 0 Å². The summed E-state index contributed by atoms with van der Waals surface area (Å²) in [7, 11) is 0. The quantitative estimate of drug-likeness (QED) is 0.713. The molecule has 0 saturated heterocycles. The minimum Gasteiger partial charge on any atom is -0.190 e. The van der Waals surface area contributed by atoms with Crippen molar-refractivity contribution in [2.75, 3.05) is 0 Å². The van der Waals surface area contributed by atoms with E-state index in [0.29, 0.717) is 5.84 Å². The normalized spacial score (nSPS) is 22.1. The van der Waals surface area contributed by atoms with Crippen molar-refractivity contribution in [2.45, 2.75) is 0 Å². The van der Waals surface area contributed by atoms with Gasteiger partial charge in [-0.2, -0.15) is 5.09 Å². The Morgan fingerprint density at radius 1 is 1.00 bits per heavy atom. The highest BCUT2D eigenvalue weighted by Crippen LogP contribution is 2.80. The van der Waals surface area contributed by atoms with Crippen LogP contribution in [0, 0.1) is 0 Å². The molecule has 0 radical (unpaired) electrons. The first-order chi connectivity index (χ1) is 7.38. The average molecular weight is 337 g/mol. The van der Waals surface area contributed by atoms with E-state index in [-0.39, 0.29) is 0 Å². The summed E-state index contributed by atoms with van der Waals surface area (Å²) in [6, 6.07) is 9.41. The summed E-state index contributed by atoms with van der Waals surface area (Å²) in [5.41, 5.74) is 0.848. The summed E-state index contributed by atoms with van der Waals surface area (Å²) in [5.74, 6) is 0.524. The Morgan fingerprint density at radius 2 is 1.62 bits per heavy atom. The number of amidine groups is 1. The van der Waals surface area contributed by atoms with Gasteiger partial charge in [0.25, 0.3) is 0 Å². The van der Waals surface area contributed by atoms with Crippen LogP contribution in [0.15, 0.2) is 35.1 Å². The van der Waals surface area contributed by atoms with Crippen molar-refractivity contribution in [2.24, 2.45) is 4.76 Å². The van der Waals surface area contributed by atoms with Crippen LogP contribution in [-0.4, -0.2) is 5.84 Å². The molecule has 0 atom stereocenters. The summed E-state index contributed by atoms with van der Waals surface area (Å²) in [6.45, 7) is 0. The van der Waals surface area contributed by atoms with E-state index in [9.17, 15) is 0 Å². The molecule has 0 bridgehead atoms. The minimum absolute atomic E-state index is 0.524. The maximum absolute atomic E-state index is 6.03. The average Bonchev–Trinajstić information content (AvgIpc) is 2.14. The smallest absolute Gasteiger partial charge is 0.190 e. The van der Waals surface area contributed by atoms with Gasteiger partial charge in [0.1, 0.15) is 0 Å². The maximum atomic E-state index is 6.03. The van der Waals surface area contributed by atoms with Gasteiger partial charge in [0.05, 0.1) is 0 Å². The molecule has 0 spiro atoms. The zero-order valence-electron chi connectivity index (χ0n) is 7.74. The third-order valence-corrected chi connectivity index (χ3v) is 8.36. The largest absolute Gasteiger partial charge is 0.435 e. The SMILES string of the molecule is Cl[P+]1(Cl)N=C(c2ccccc2)N[P+](Cl)(Cl)N1. The second-order valence-electron chi connectivity index (χ2n) is 3.02. The third kappa shape index (κ3) is 3.34. The molecule has 1 aromatic carbocycles. The van der Waals surface area contributed by atoms with Crippen LogP contribution in [-0.2, 0) is 0 Å². The van der Waals surface area contributed by atoms with E-state index < -0.39 is 12.5 Å². The second kappa shape index (κ2) is 4.74. The summed E-state index contributed by atoms with van der Waals surface area (Å²) in [6.07, 6.45) is -5.25. The molecule has 3 nitrogen and oxygen atoms in total. The highest BCUT2D eigenvalue weighted by atomic mass is 35.9. The molecular formula is C7H7Cl4N3P2+2. The molecule has 16 heavy (non-hydrogen) atoms. The molecule has 0 unspecified atom stereocenters. The standard InChI is InChI=1S/C7H7Cl4N3P2/c8-15(9)12-7(13-16(10,11)14-15)6-4-2-1-3-5-6/h1-5,14H,(H,12,13)/q+2. The van der Waals surface area contributed by atoms with Crippen molar-refractivity contribution < 1.29 is 0 Å². The molecule has 9 heteroatoms. The number of hydrogen-bond donors (Lipinski definition) is 2. The fourth-order valence-electron chi connectivity index (χ4n) is 1.20. The predicted octanol–water partition coefficient (Wildman–Crippen LogP) is 4.94. The van der Waals surface area contributed by atoms with E-state index >= 15 is 0 Å². The van der Waals surface area contributed by atoms with E-state index in [1.54, 1.807) is 0 Å². The van der Waals surface area contributed by atoms with Crippen LogP contribution in [0.4, 0.5) is 0 Å². The zero-order valence-corrected chi connectivity index (χ0v) is 12.6. The Balaban J connectivity index is 2.38. The lowest BCUT2D eigenvalue weighted by atomic mass is 10.2. The Hall–Kier alpha value is 0.670. The summed E-state index contributed by atoms with van der Waals surface area (Å²) < 4.78 is 4.18. The predicted molar refractivity (Wildman–Crippen MR) is 76.5 cm³/mol. The van der Waals surface area contributed by atoms with Crippen molar-refractivity contribution in [3.05, 3.63) is 35.9 Å². The van der Waals surface area contributed by atoms with Crippen molar-refractivity contribution in [3.8, 4) is 0 Å². The minimum atomic E-state index is -2.67. The molecule has 0 fully saturated rings. The Labute approximate surface area is 114 Å². The highest BCUT2D eigenvalue weighted by molar-refractivity contribution is 8.27. The fourth-order valence-corrected chi connectivity index (χ4v) is 10.1. The van der Waals surface area contributed by atoms with Gasteiger partial charge in [0, 0.05) is 10.4 Å². The topological polar surface area (TPSA) is 36.4 Å². The lowest BCUT2D eigenvalue weighted by Crippen LogP contribution is -2.30. The van der Waals surface area contributed by atoms with Gasteiger partial charge in [0.2, 0.25) is 5.84 Å². The number of halogens is 4. The number of hydrogen-bond acceptors (Lipinski definition) is 3. The van der Waals surface area contributed by atoms with Crippen LogP contribution in [0.25, 0.3) is 0 Å². The van der Waals surface area contributed by atoms with Crippen LogP contribution in [0.1, 0.15) is 5.56 Å². The van der Waals surface area contributed by atoms with Crippen LogP contribution in [0.3, 0.4) is 0 Å². The van der Waals surface area contributed by atoms with Crippen molar-refractivity contribution in [3.63, 3.8) is 0 Å². The molecule has 0 aliphatic carbocycles. The van der Waals surface area contributed by atoms with E-state index in [4.69, 9.17) is 45.0 Å². The molecule has 2 N–H and O–H groups in total. The van der Waals surface area contributed by atoms with Crippen LogP contribution < -0.4 is 9.95 Å². The van der Waals surface area contributed by atoms with E-state index in [1.165, 1.54) is 0 Å². The number of nitrogens with one attached hydrogen (secondary N) is 2. The molecule has 1 heterocycles. The van der Waals surface area contributed by atoms with Crippen LogP contribution >= 0.6 is 57.5 Å². The highest BCUT2D eigenvalue weighted by Gasteiger charge is 2.58. The fraction of sp³-hybridized carbons (Fsp3) is 0. The monoisotopic (exact) mass is 335 g/mol. The maximum Gasteiger partial charge on any atom is 0.435 e. The first-order valence-corrected chi connectivity index (χ1v) is 11.3. The second-order valence-corrected chi connectivity index (χ2v) is 13.3. The molecule has 0 saturated carbocycles. The van der Waals surface area contributed by atoms with E-state index in [1.807, 2.05) is 30.3 Å². The molecule has 86 valence electrons. The van der Waals surface area contributed by atoms with Crippen LogP contribution in [0.5, 0.6) is 0 Å². The molecule has 1 aromatic rings. The third-order valence-electron chi connectivity index (χ3n) is 1.77. The lowest BCUT2D eigenvalue weighted by Gasteiger charge is -2.18. The number of benzene rings is 1. The lowest BCUT2D eigenvalue weighted by molar-refractivity contribution is 1.36. The van der Waals surface area contributed by atoms with E-state index in [2.05, 4.69) is 14.7 Å². The first-order valence-electron chi connectivity index (χ1n) is 4.18.